The first-order chi connectivity index (χ1) is 18.0. The van der Waals surface area contributed by atoms with Gasteiger partial charge in [0.25, 0.3) is 0 Å². The number of carbonyl (C=O) groups excluding carboxylic acids is 2. The van der Waals surface area contributed by atoms with Crippen LogP contribution in [0.25, 0.3) is 0 Å². The Hall–Kier alpha value is -2.59. The molecular weight excluding hydrogens is 613 g/mol. The summed E-state index contributed by atoms with van der Waals surface area (Å²) >= 11 is 16.2. The van der Waals surface area contributed by atoms with Crippen molar-refractivity contribution in [1.82, 2.24) is 10.2 Å². The lowest BCUT2D eigenvalue weighted by Gasteiger charge is -2.33. The van der Waals surface area contributed by atoms with Gasteiger partial charge in [-0.2, -0.15) is 0 Å². The summed E-state index contributed by atoms with van der Waals surface area (Å²) in [7, 11) is -3.86. The molecule has 0 aliphatic carbocycles. The van der Waals surface area contributed by atoms with Crippen LogP contribution in [0.1, 0.15) is 18.1 Å². The molecule has 0 heterocycles. The van der Waals surface area contributed by atoms with Crippen LogP contribution >= 0.6 is 39.1 Å². The molecule has 3 aromatic carbocycles. The van der Waals surface area contributed by atoms with Gasteiger partial charge in [-0.15, -0.1) is 0 Å². The van der Waals surface area contributed by atoms with Crippen LogP contribution in [0.15, 0.2) is 77.3 Å². The lowest BCUT2D eigenvalue weighted by Crippen LogP contribution is -2.53. The molecular formula is C27H28BrCl2N3O4S. The summed E-state index contributed by atoms with van der Waals surface area (Å²) in [6, 6.07) is 19.9. The average Bonchev–Trinajstić information content (AvgIpc) is 2.86. The second kappa shape index (κ2) is 13.5. The summed E-state index contributed by atoms with van der Waals surface area (Å²) in [5, 5.41) is 3.46. The van der Waals surface area contributed by atoms with E-state index in [1.54, 1.807) is 49.4 Å². The van der Waals surface area contributed by atoms with Crippen molar-refractivity contribution in [3.05, 3.63) is 98.4 Å². The van der Waals surface area contributed by atoms with E-state index in [0.29, 0.717) is 32.3 Å². The number of nitrogens with zero attached hydrogens (tertiary/aromatic N) is 2. The molecule has 0 fully saturated rings. The molecule has 0 aliphatic rings. The smallest absolute Gasteiger partial charge is 0.244 e. The number of amides is 2. The quantitative estimate of drug-likeness (QED) is 0.308. The Bertz CT molecular complexity index is 1370. The lowest BCUT2D eigenvalue weighted by molar-refractivity contribution is -0.140. The zero-order valence-corrected chi connectivity index (χ0v) is 24.8. The summed E-state index contributed by atoms with van der Waals surface area (Å²) in [5.74, 6) is -0.959. The number of benzene rings is 3. The molecule has 0 aliphatic heterocycles. The van der Waals surface area contributed by atoms with Gasteiger partial charge < -0.3 is 10.2 Å². The van der Waals surface area contributed by atoms with Crippen molar-refractivity contribution in [2.24, 2.45) is 0 Å². The van der Waals surface area contributed by atoms with Crippen molar-refractivity contribution in [1.29, 1.82) is 0 Å². The molecule has 0 unspecified atom stereocenters. The maximum Gasteiger partial charge on any atom is 0.244 e. The normalized spacial score (nSPS) is 12.0. The van der Waals surface area contributed by atoms with Crippen LogP contribution in [0.2, 0.25) is 10.0 Å². The minimum atomic E-state index is -3.86. The number of nitrogens with one attached hydrogen (secondary N) is 1. The molecule has 0 spiro atoms. The van der Waals surface area contributed by atoms with E-state index in [1.165, 1.54) is 4.90 Å². The van der Waals surface area contributed by atoms with Crippen molar-refractivity contribution in [2.45, 2.75) is 25.9 Å². The number of anilines is 1. The Morgan fingerprint density at radius 2 is 1.61 bits per heavy atom. The highest BCUT2D eigenvalue weighted by atomic mass is 79.9. The van der Waals surface area contributed by atoms with Crippen LogP contribution in [-0.4, -0.2) is 50.5 Å². The minimum Gasteiger partial charge on any atom is -0.355 e. The van der Waals surface area contributed by atoms with Gasteiger partial charge in [0.15, 0.2) is 0 Å². The van der Waals surface area contributed by atoms with Gasteiger partial charge in [0.1, 0.15) is 12.6 Å². The Balaban J connectivity index is 2.09. The number of carbonyl (C=O) groups is 2. The molecule has 7 nitrogen and oxygen atoms in total. The van der Waals surface area contributed by atoms with Gasteiger partial charge in [-0.3, -0.25) is 13.9 Å². The Morgan fingerprint density at radius 1 is 0.974 bits per heavy atom. The third-order valence-corrected chi connectivity index (χ3v) is 8.13. The molecule has 38 heavy (non-hydrogen) atoms. The maximum absolute atomic E-state index is 14.0. The second-order valence-electron chi connectivity index (χ2n) is 8.57. The molecule has 0 saturated heterocycles. The van der Waals surface area contributed by atoms with Crippen molar-refractivity contribution >= 4 is 66.7 Å². The highest BCUT2D eigenvalue weighted by Gasteiger charge is 2.33. The third kappa shape index (κ3) is 7.96. The SMILES string of the molecule is CCNC(=O)[C@@H](Cc1ccccc1)N(Cc1c(Cl)cccc1Cl)C(=O)CN(c1cccc(Br)c1)S(C)(=O)=O. The van der Waals surface area contributed by atoms with Crippen LogP contribution in [0.3, 0.4) is 0 Å². The summed E-state index contributed by atoms with van der Waals surface area (Å²) in [6.07, 6.45) is 1.23. The summed E-state index contributed by atoms with van der Waals surface area (Å²) in [6.45, 7) is 1.52. The van der Waals surface area contributed by atoms with Crippen molar-refractivity contribution in [3.8, 4) is 0 Å². The van der Waals surface area contributed by atoms with Gasteiger partial charge in [0, 0.05) is 39.6 Å². The predicted molar refractivity (Wildman–Crippen MR) is 156 cm³/mol. The van der Waals surface area contributed by atoms with Crippen LogP contribution in [0.5, 0.6) is 0 Å². The van der Waals surface area contributed by atoms with Gasteiger partial charge in [0.05, 0.1) is 11.9 Å². The molecule has 1 N–H and O–H groups in total. The van der Waals surface area contributed by atoms with E-state index < -0.39 is 28.5 Å². The zero-order chi connectivity index (χ0) is 27.9. The van der Waals surface area contributed by atoms with Crippen molar-refractivity contribution < 1.29 is 18.0 Å². The van der Waals surface area contributed by atoms with Crippen LogP contribution < -0.4 is 9.62 Å². The minimum absolute atomic E-state index is 0.0952. The summed E-state index contributed by atoms with van der Waals surface area (Å²) in [4.78, 5) is 28.7. The van der Waals surface area contributed by atoms with Crippen molar-refractivity contribution in [3.63, 3.8) is 0 Å². The highest BCUT2D eigenvalue weighted by Crippen LogP contribution is 2.28. The fourth-order valence-electron chi connectivity index (χ4n) is 3.94. The molecule has 3 rings (SSSR count). The van der Waals surface area contributed by atoms with E-state index in [9.17, 15) is 18.0 Å². The van der Waals surface area contributed by atoms with E-state index in [2.05, 4.69) is 21.2 Å². The molecule has 0 radical (unpaired) electrons. The zero-order valence-electron chi connectivity index (χ0n) is 20.9. The van der Waals surface area contributed by atoms with E-state index in [-0.39, 0.29) is 18.9 Å². The number of sulfonamides is 1. The lowest BCUT2D eigenvalue weighted by atomic mass is 10.0. The molecule has 0 saturated carbocycles. The number of hydrogen-bond donors (Lipinski definition) is 1. The maximum atomic E-state index is 14.0. The highest BCUT2D eigenvalue weighted by molar-refractivity contribution is 9.10. The Morgan fingerprint density at radius 3 is 2.18 bits per heavy atom. The third-order valence-electron chi connectivity index (χ3n) is 5.79. The molecule has 0 bridgehead atoms. The van der Waals surface area contributed by atoms with Crippen molar-refractivity contribution in [2.75, 3.05) is 23.7 Å². The molecule has 11 heteroatoms. The average molecular weight is 641 g/mol. The largest absolute Gasteiger partial charge is 0.355 e. The first kappa shape index (κ1) is 30.0. The first-order valence-electron chi connectivity index (χ1n) is 11.8. The van der Waals surface area contributed by atoms with E-state index in [0.717, 1.165) is 16.1 Å². The van der Waals surface area contributed by atoms with Gasteiger partial charge >= 0.3 is 0 Å². The Labute approximate surface area is 241 Å². The summed E-state index contributed by atoms with van der Waals surface area (Å²) in [5.41, 5.74) is 1.60. The van der Waals surface area contributed by atoms with E-state index in [4.69, 9.17) is 23.2 Å². The monoisotopic (exact) mass is 639 g/mol. The fraction of sp³-hybridized carbons (Fsp3) is 0.259. The molecule has 1 atom stereocenters. The molecule has 202 valence electrons. The van der Waals surface area contributed by atoms with Gasteiger partial charge in [-0.1, -0.05) is 81.6 Å². The number of likely N-dealkylation sites (N-methyl/N-ethyl adjacent to an activating group) is 1. The first-order valence-corrected chi connectivity index (χ1v) is 15.2. The van der Waals surface area contributed by atoms with Crippen LogP contribution in [-0.2, 0) is 32.6 Å². The van der Waals surface area contributed by atoms with E-state index >= 15 is 0 Å². The fourth-order valence-corrected chi connectivity index (χ4v) is 5.69. The van der Waals surface area contributed by atoms with Gasteiger partial charge in [-0.05, 0) is 42.8 Å². The summed E-state index contributed by atoms with van der Waals surface area (Å²) < 4.78 is 27.2. The number of halogens is 3. The van der Waals surface area contributed by atoms with Crippen LogP contribution in [0, 0.1) is 0 Å². The molecule has 3 aromatic rings. The van der Waals surface area contributed by atoms with Gasteiger partial charge in [-0.25, -0.2) is 8.42 Å². The van der Waals surface area contributed by atoms with Gasteiger partial charge in [0.2, 0.25) is 21.8 Å². The second-order valence-corrected chi connectivity index (χ2v) is 12.2. The number of hydrogen-bond acceptors (Lipinski definition) is 4. The standard InChI is InChI=1S/C27H28BrCl2N3O4S/c1-3-31-27(35)25(15-19-9-5-4-6-10-19)32(17-22-23(29)13-8-14-24(22)30)26(34)18-33(38(2,36)37)21-12-7-11-20(28)16-21/h4-14,16,25H,3,15,17-18H2,1-2H3,(H,31,35)/t25-/m1/s1. The Kier molecular flexibility index (Phi) is 10.6. The molecule has 0 aromatic heterocycles. The molecule has 2 amide bonds. The van der Waals surface area contributed by atoms with E-state index in [1.807, 2.05) is 30.3 Å². The van der Waals surface area contributed by atoms with Crippen LogP contribution in [0.4, 0.5) is 5.69 Å². The number of rotatable bonds is 11. The predicted octanol–water partition coefficient (Wildman–Crippen LogP) is 5.30. The topological polar surface area (TPSA) is 86.8 Å².